The molecular formula is C86H51N. The molecule has 0 aliphatic rings. The second-order valence-corrected chi connectivity index (χ2v) is 23.9. The van der Waals surface area contributed by atoms with Crippen LogP contribution in [0.5, 0.6) is 0 Å². The molecule has 1 nitrogen and oxygen atoms in total. The molecule has 0 aromatic heterocycles. The fourth-order valence-corrected chi connectivity index (χ4v) is 15.1. The van der Waals surface area contributed by atoms with Gasteiger partial charge in [0.1, 0.15) is 0 Å². The molecule has 0 saturated heterocycles. The second-order valence-electron chi connectivity index (χ2n) is 23.9. The molecule has 0 bridgehead atoms. The van der Waals surface area contributed by atoms with Crippen LogP contribution in [0.25, 0.3) is 174 Å². The minimum absolute atomic E-state index is 1.07. The maximum atomic E-state index is 2.49. The van der Waals surface area contributed by atoms with Crippen LogP contribution >= 0.6 is 0 Å². The Hall–Kier alpha value is -11.4. The van der Waals surface area contributed by atoms with E-state index in [1.807, 2.05) is 0 Å². The summed E-state index contributed by atoms with van der Waals surface area (Å²) in [5.74, 6) is 0. The van der Waals surface area contributed by atoms with Crippen LogP contribution in [0, 0.1) is 0 Å². The summed E-state index contributed by atoms with van der Waals surface area (Å²) in [6.07, 6.45) is 0. The Kier molecular flexibility index (Phi) is 10.2. The summed E-state index contributed by atoms with van der Waals surface area (Å²) in [7, 11) is 0. The van der Waals surface area contributed by atoms with Gasteiger partial charge in [0.2, 0.25) is 0 Å². The Labute approximate surface area is 502 Å². The van der Waals surface area contributed by atoms with E-state index in [-0.39, 0.29) is 0 Å². The number of benzene rings is 19. The van der Waals surface area contributed by atoms with Crippen molar-refractivity contribution in [1.82, 2.24) is 0 Å². The minimum atomic E-state index is 1.07. The summed E-state index contributed by atoms with van der Waals surface area (Å²) in [5.41, 5.74) is 15.2. The van der Waals surface area contributed by atoms with E-state index in [0.29, 0.717) is 0 Å². The van der Waals surface area contributed by atoms with Crippen molar-refractivity contribution >= 4 is 136 Å². The zero-order valence-corrected chi connectivity index (χ0v) is 47.4. The standard InChI is InChI=1S/C86H51N/c1-3-10-64-48-66(24-18-52(64)8-1)77-51-78(76-46-35-61-17-7-16-60-34-45-75(77)86(76)83(60)61)68-36-47-80(79(50-68)67-25-19-53-9-2-4-11-65(53)49-67)87(69-37-26-54(27-38-69)71-41-30-62-22-20-56-12-5-14-58-32-43-73(71)84(62)81(56)58)70-39-28-55(29-40-70)72-42-31-63-23-21-57-13-6-15-59-33-44-74(72)85(63)82(57)59/h1-51H. The van der Waals surface area contributed by atoms with Gasteiger partial charge in [-0.3, -0.25) is 0 Å². The molecule has 400 valence electrons. The fraction of sp³-hybridized carbons (Fsp3) is 0. The van der Waals surface area contributed by atoms with E-state index in [1.54, 1.807) is 0 Å². The van der Waals surface area contributed by atoms with Gasteiger partial charge in [-0.05, 0) is 223 Å². The molecule has 0 radical (unpaired) electrons. The molecule has 0 fully saturated rings. The lowest BCUT2D eigenvalue weighted by Gasteiger charge is -2.29. The normalized spacial score (nSPS) is 12.1. The molecule has 0 aliphatic carbocycles. The number of fused-ring (bicyclic) bond motifs is 2. The van der Waals surface area contributed by atoms with Gasteiger partial charge in [-0.2, -0.15) is 0 Å². The van der Waals surface area contributed by atoms with Crippen LogP contribution < -0.4 is 4.90 Å². The third-order valence-corrected chi connectivity index (χ3v) is 19.2. The summed E-state index contributed by atoms with van der Waals surface area (Å²) >= 11 is 0. The van der Waals surface area contributed by atoms with Gasteiger partial charge >= 0.3 is 0 Å². The average Bonchev–Trinajstić information content (AvgIpc) is 2.15. The first kappa shape index (κ1) is 48.0. The molecule has 19 aromatic rings. The number of hydrogen-bond donors (Lipinski definition) is 0. The van der Waals surface area contributed by atoms with Crippen molar-refractivity contribution in [2.75, 3.05) is 4.90 Å². The number of hydrogen-bond acceptors (Lipinski definition) is 1. The van der Waals surface area contributed by atoms with Gasteiger partial charge in [-0.25, -0.2) is 0 Å². The molecule has 19 rings (SSSR count). The van der Waals surface area contributed by atoms with Gasteiger partial charge in [-0.1, -0.05) is 255 Å². The Morgan fingerprint density at radius 3 is 0.920 bits per heavy atom. The van der Waals surface area contributed by atoms with Crippen LogP contribution in [0.1, 0.15) is 0 Å². The zero-order chi connectivity index (χ0) is 56.8. The molecular weight excluding hydrogens is 1050 g/mol. The van der Waals surface area contributed by atoms with Crippen LogP contribution in [-0.4, -0.2) is 0 Å². The molecule has 0 amide bonds. The topological polar surface area (TPSA) is 3.24 Å². The second kappa shape index (κ2) is 18.6. The molecule has 0 heterocycles. The van der Waals surface area contributed by atoms with E-state index >= 15 is 0 Å². The van der Waals surface area contributed by atoms with Gasteiger partial charge in [-0.15, -0.1) is 0 Å². The highest BCUT2D eigenvalue weighted by Gasteiger charge is 2.23. The Morgan fingerprint density at radius 2 is 0.471 bits per heavy atom. The van der Waals surface area contributed by atoms with Crippen molar-refractivity contribution in [2.24, 2.45) is 0 Å². The molecule has 0 N–H and O–H groups in total. The SMILES string of the molecule is c1ccc2cc(-c3cc(-c4cc(-c5ccc6ccccc6c5)c5ccc6cccc7ccc4c5c76)ccc3N(c3ccc(-c4ccc5ccc6cccc7ccc4c5c67)cc3)c3ccc(-c4ccc5ccc6cccc7ccc4c5c67)cc3)ccc2c1. The first-order chi connectivity index (χ1) is 43.1. The quantitative estimate of drug-likeness (QED) is 0.137. The first-order valence-corrected chi connectivity index (χ1v) is 30.3. The third kappa shape index (κ3) is 7.34. The Morgan fingerprint density at radius 1 is 0.161 bits per heavy atom. The van der Waals surface area contributed by atoms with Gasteiger partial charge in [0, 0.05) is 16.9 Å². The number of rotatable bonds is 8. The third-order valence-electron chi connectivity index (χ3n) is 19.2. The van der Waals surface area contributed by atoms with E-state index in [1.165, 1.54) is 157 Å². The van der Waals surface area contributed by atoms with E-state index in [4.69, 9.17) is 0 Å². The molecule has 1 heteroatoms. The van der Waals surface area contributed by atoms with Crippen molar-refractivity contribution in [3.63, 3.8) is 0 Å². The van der Waals surface area contributed by atoms with E-state index in [0.717, 1.165) is 33.8 Å². The lowest BCUT2D eigenvalue weighted by atomic mass is 9.84. The van der Waals surface area contributed by atoms with Crippen LogP contribution in [0.4, 0.5) is 17.1 Å². The van der Waals surface area contributed by atoms with E-state index < -0.39 is 0 Å². The van der Waals surface area contributed by atoms with Crippen molar-refractivity contribution in [1.29, 1.82) is 0 Å². The molecule has 0 unspecified atom stereocenters. The minimum Gasteiger partial charge on any atom is -0.310 e. The van der Waals surface area contributed by atoms with E-state index in [9.17, 15) is 0 Å². The Balaban J connectivity index is 0.832. The molecule has 0 aliphatic heterocycles. The summed E-state index contributed by atoms with van der Waals surface area (Å²) in [4.78, 5) is 2.49. The fourth-order valence-electron chi connectivity index (χ4n) is 15.1. The largest absolute Gasteiger partial charge is 0.310 e. The van der Waals surface area contributed by atoms with Gasteiger partial charge in [0.25, 0.3) is 0 Å². The van der Waals surface area contributed by atoms with Gasteiger partial charge in [0.05, 0.1) is 5.69 Å². The lowest BCUT2D eigenvalue weighted by molar-refractivity contribution is 1.28. The first-order valence-electron chi connectivity index (χ1n) is 30.3. The highest BCUT2D eigenvalue weighted by atomic mass is 15.1. The smallest absolute Gasteiger partial charge is 0.0540 e. The maximum Gasteiger partial charge on any atom is 0.0540 e. The zero-order valence-electron chi connectivity index (χ0n) is 47.4. The van der Waals surface area contributed by atoms with Crippen molar-refractivity contribution in [3.05, 3.63) is 309 Å². The monoisotopic (exact) mass is 1100 g/mol. The average molecular weight is 1100 g/mol. The van der Waals surface area contributed by atoms with Crippen LogP contribution in [-0.2, 0) is 0 Å². The number of nitrogens with zero attached hydrogens (tertiary/aromatic N) is 1. The van der Waals surface area contributed by atoms with Crippen molar-refractivity contribution < 1.29 is 0 Å². The molecule has 0 atom stereocenters. The highest BCUT2D eigenvalue weighted by Crippen LogP contribution is 2.50. The van der Waals surface area contributed by atoms with E-state index in [2.05, 4.69) is 314 Å². The van der Waals surface area contributed by atoms with Crippen LogP contribution in [0.3, 0.4) is 0 Å². The molecule has 87 heavy (non-hydrogen) atoms. The lowest BCUT2D eigenvalue weighted by Crippen LogP contribution is -2.11. The van der Waals surface area contributed by atoms with Crippen molar-refractivity contribution in [2.45, 2.75) is 0 Å². The predicted octanol–water partition coefficient (Wildman–Crippen LogP) is 24.5. The molecule has 0 spiro atoms. The summed E-state index contributed by atoms with van der Waals surface area (Å²) in [6.45, 7) is 0. The summed E-state index contributed by atoms with van der Waals surface area (Å²) < 4.78 is 0. The summed E-state index contributed by atoms with van der Waals surface area (Å²) in [6, 6.07) is 117. The number of anilines is 3. The predicted molar refractivity (Wildman–Crippen MR) is 374 cm³/mol. The Bertz CT molecular complexity index is 5750. The molecule has 0 saturated carbocycles. The van der Waals surface area contributed by atoms with Crippen LogP contribution in [0.2, 0.25) is 0 Å². The molecule has 19 aromatic carbocycles. The maximum absolute atomic E-state index is 2.49. The van der Waals surface area contributed by atoms with Crippen LogP contribution in [0.15, 0.2) is 309 Å². The highest BCUT2D eigenvalue weighted by molar-refractivity contribution is 6.30. The van der Waals surface area contributed by atoms with Gasteiger partial charge < -0.3 is 4.90 Å². The van der Waals surface area contributed by atoms with Crippen molar-refractivity contribution in [3.8, 4) is 55.6 Å². The summed E-state index contributed by atoms with van der Waals surface area (Å²) in [5, 5.41) is 28.0. The van der Waals surface area contributed by atoms with Gasteiger partial charge in [0.15, 0.2) is 0 Å².